The third-order valence-electron chi connectivity index (χ3n) is 6.48. The summed E-state index contributed by atoms with van der Waals surface area (Å²) in [6, 6.07) is 0. The molecular formula is C21H28N4O2S. The molecule has 2 aliphatic heterocycles. The van der Waals surface area contributed by atoms with Crippen molar-refractivity contribution in [2.45, 2.75) is 52.0 Å². The Bertz CT molecular complexity index is 967. The number of nitrogens with zero attached hydrogens (tertiary/aromatic N) is 4. The van der Waals surface area contributed by atoms with Gasteiger partial charge in [0.15, 0.2) is 0 Å². The van der Waals surface area contributed by atoms with Gasteiger partial charge in [0, 0.05) is 45.7 Å². The van der Waals surface area contributed by atoms with Gasteiger partial charge in [0.25, 0.3) is 11.5 Å². The van der Waals surface area contributed by atoms with Gasteiger partial charge in [-0.15, -0.1) is 11.3 Å². The summed E-state index contributed by atoms with van der Waals surface area (Å²) < 4.78 is 1.85. The first-order valence-electron chi connectivity index (χ1n) is 10.7. The standard InChI is InChI=1S/C21H28N4O2S/c1-14-17-19(22-16-5-3-2-4-8-25(16)20(17)26)28-18(14)21(27)24-11-9-23(10-12-24)13-15-6-7-15/h15H,2-13H2,1H3. The van der Waals surface area contributed by atoms with Crippen LogP contribution in [-0.2, 0) is 13.0 Å². The second-order valence-corrected chi connectivity index (χ2v) is 9.57. The van der Waals surface area contributed by atoms with Crippen LogP contribution in [0, 0.1) is 12.8 Å². The van der Waals surface area contributed by atoms with Crippen molar-refractivity contribution in [1.82, 2.24) is 19.4 Å². The molecule has 0 atom stereocenters. The van der Waals surface area contributed by atoms with Crippen LogP contribution in [-0.4, -0.2) is 58.0 Å². The van der Waals surface area contributed by atoms with Gasteiger partial charge in [-0.1, -0.05) is 6.42 Å². The zero-order valence-electron chi connectivity index (χ0n) is 16.6. The van der Waals surface area contributed by atoms with Crippen molar-refractivity contribution in [3.8, 4) is 0 Å². The number of hydrogen-bond acceptors (Lipinski definition) is 5. The number of aryl methyl sites for hydroxylation is 2. The predicted molar refractivity (Wildman–Crippen MR) is 111 cm³/mol. The topological polar surface area (TPSA) is 58.4 Å². The maximum atomic E-state index is 13.2. The summed E-state index contributed by atoms with van der Waals surface area (Å²) in [6.07, 6.45) is 6.85. The van der Waals surface area contributed by atoms with Gasteiger partial charge in [0.1, 0.15) is 10.7 Å². The van der Waals surface area contributed by atoms with Crippen molar-refractivity contribution < 1.29 is 4.79 Å². The van der Waals surface area contributed by atoms with E-state index in [2.05, 4.69) is 4.90 Å². The van der Waals surface area contributed by atoms with Crippen molar-refractivity contribution in [3.63, 3.8) is 0 Å². The average molecular weight is 401 g/mol. The van der Waals surface area contributed by atoms with Crippen LogP contribution in [0.3, 0.4) is 0 Å². The number of carbonyl (C=O) groups is 1. The molecule has 3 aliphatic rings. The maximum absolute atomic E-state index is 13.2. The Hall–Kier alpha value is -1.73. The van der Waals surface area contributed by atoms with Crippen LogP contribution in [0.4, 0.5) is 0 Å². The van der Waals surface area contributed by atoms with Gasteiger partial charge < -0.3 is 4.90 Å². The van der Waals surface area contributed by atoms with E-state index >= 15 is 0 Å². The molecule has 0 N–H and O–H groups in total. The normalized spacial score (nSPS) is 21.0. The molecule has 2 fully saturated rings. The molecule has 4 heterocycles. The number of piperazine rings is 1. The smallest absolute Gasteiger partial charge is 0.264 e. The molecule has 0 spiro atoms. The molecule has 150 valence electrons. The molecule has 2 aromatic rings. The van der Waals surface area contributed by atoms with Crippen LogP contribution in [0.1, 0.15) is 53.2 Å². The second-order valence-electron chi connectivity index (χ2n) is 8.57. The summed E-state index contributed by atoms with van der Waals surface area (Å²) in [7, 11) is 0. The van der Waals surface area contributed by atoms with Crippen molar-refractivity contribution in [2.75, 3.05) is 32.7 Å². The monoisotopic (exact) mass is 400 g/mol. The lowest BCUT2D eigenvalue weighted by Gasteiger charge is -2.34. The molecule has 2 aromatic heterocycles. The van der Waals surface area contributed by atoms with E-state index < -0.39 is 0 Å². The third kappa shape index (κ3) is 3.28. The first-order chi connectivity index (χ1) is 13.6. The summed E-state index contributed by atoms with van der Waals surface area (Å²) in [4.78, 5) is 37.0. The molecule has 0 radical (unpaired) electrons. The fourth-order valence-corrected chi connectivity index (χ4v) is 5.71. The Morgan fingerprint density at radius 1 is 1.11 bits per heavy atom. The number of thiophene rings is 1. The van der Waals surface area contributed by atoms with Gasteiger partial charge in [-0.25, -0.2) is 4.98 Å². The summed E-state index contributed by atoms with van der Waals surface area (Å²) in [5.74, 6) is 1.86. The summed E-state index contributed by atoms with van der Waals surface area (Å²) in [6.45, 7) is 7.34. The van der Waals surface area contributed by atoms with Crippen LogP contribution in [0.25, 0.3) is 10.2 Å². The fourth-order valence-electron chi connectivity index (χ4n) is 4.56. The number of carbonyl (C=O) groups excluding carboxylic acids is 1. The lowest BCUT2D eigenvalue weighted by molar-refractivity contribution is 0.0636. The number of rotatable bonds is 3. The Labute approximate surface area is 169 Å². The van der Waals surface area contributed by atoms with Gasteiger partial charge in [-0.2, -0.15) is 0 Å². The minimum absolute atomic E-state index is 0.0453. The molecule has 28 heavy (non-hydrogen) atoms. The zero-order valence-corrected chi connectivity index (χ0v) is 17.4. The number of amides is 1. The molecule has 0 bridgehead atoms. The zero-order chi connectivity index (χ0) is 19.3. The SMILES string of the molecule is Cc1c(C(=O)N2CCN(CC3CC3)CC2)sc2nc3n(c(=O)c12)CCCCC3. The molecule has 1 saturated carbocycles. The van der Waals surface area contributed by atoms with E-state index in [0.29, 0.717) is 10.3 Å². The van der Waals surface area contributed by atoms with Crippen molar-refractivity contribution >= 4 is 27.5 Å². The minimum atomic E-state index is 0.0453. The largest absolute Gasteiger partial charge is 0.335 e. The van der Waals surface area contributed by atoms with Crippen LogP contribution in [0.15, 0.2) is 4.79 Å². The molecule has 0 unspecified atom stereocenters. The first-order valence-corrected chi connectivity index (χ1v) is 11.5. The number of fused-ring (bicyclic) bond motifs is 2. The van der Waals surface area contributed by atoms with Crippen LogP contribution in [0.5, 0.6) is 0 Å². The Morgan fingerprint density at radius 2 is 1.89 bits per heavy atom. The molecule has 0 aromatic carbocycles. The van der Waals surface area contributed by atoms with E-state index in [1.54, 1.807) is 0 Å². The fraction of sp³-hybridized carbons (Fsp3) is 0.667. The highest BCUT2D eigenvalue weighted by Crippen LogP contribution is 2.31. The third-order valence-corrected chi connectivity index (χ3v) is 7.65. The van der Waals surface area contributed by atoms with E-state index in [9.17, 15) is 9.59 Å². The molecule has 1 amide bonds. The number of aromatic nitrogens is 2. The summed E-state index contributed by atoms with van der Waals surface area (Å²) in [5, 5.41) is 0.659. The van der Waals surface area contributed by atoms with Crippen LogP contribution in [0.2, 0.25) is 0 Å². The van der Waals surface area contributed by atoms with Gasteiger partial charge >= 0.3 is 0 Å². The summed E-state index contributed by atoms with van der Waals surface area (Å²) in [5.41, 5.74) is 0.867. The number of hydrogen-bond donors (Lipinski definition) is 0. The highest BCUT2D eigenvalue weighted by atomic mass is 32.1. The second kappa shape index (κ2) is 7.26. The first kappa shape index (κ1) is 18.3. The Kier molecular flexibility index (Phi) is 4.75. The quantitative estimate of drug-likeness (QED) is 0.795. The van der Waals surface area contributed by atoms with E-state index in [1.807, 2.05) is 16.4 Å². The minimum Gasteiger partial charge on any atom is -0.335 e. The maximum Gasteiger partial charge on any atom is 0.264 e. The summed E-state index contributed by atoms with van der Waals surface area (Å²) >= 11 is 1.41. The highest BCUT2D eigenvalue weighted by Gasteiger charge is 2.30. The predicted octanol–water partition coefficient (Wildman–Crippen LogP) is 2.66. The van der Waals surface area contributed by atoms with Gasteiger partial charge in [0.2, 0.25) is 0 Å². The Balaban J connectivity index is 1.41. The molecular weight excluding hydrogens is 372 g/mol. The van der Waals surface area contributed by atoms with Gasteiger partial charge in [-0.3, -0.25) is 19.1 Å². The molecule has 7 heteroatoms. The van der Waals surface area contributed by atoms with E-state index in [-0.39, 0.29) is 11.5 Å². The van der Waals surface area contributed by atoms with Gasteiger partial charge in [-0.05, 0) is 44.1 Å². The van der Waals surface area contributed by atoms with E-state index in [0.717, 1.165) is 80.5 Å². The lowest BCUT2D eigenvalue weighted by Crippen LogP contribution is -2.49. The van der Waals surface area contributed by atoms with Gasteiger partial charge in [0.05, 0.1) is 10.3 Å². The van der Waals surface area contributed by atoms with Crippen molar-refractivity contribution in [3.05, 3.63) is 26.6 Å². The average Bonchev–Trinajstić information content (AvgIpc) is 3.48. The van der Waals surface area contributed by atoms with Crippen LogP contribution < -0.4 is 5.56 Å². The lowest BCUT2D eigenvalue weighted by atomic mass is 10.2. The van der Waals surface area contributed by atoms with E-state index in [1.165, 1.54) is 30.7 Å². The molecule has 5 rings (SSSR count). The van der Waals surface area contributed by atoms with Crippen molar-refractivity contribution in [2.24, 2.45) is 5.92 Å². The van der Waals surface area contributed by atoms with Crippen LogP contribution >= 0.6 is 11.3 Å². The highest BCUT2D eigenvalue weighted by molar-refractivity contribution is 7.20. The Morgan fingerprint density at radius 3 is 2.64 bits per heavy atom. The molecule has 6 nitrogen and oxygen atoms in total. The molecule has 1 aliphatic carbocycles. The van der Waals surface area contributed by atoms with Crippen molar-refractivity contribution in [1.29, 1.82) is 0 Å². The van der Waals surface area contributed by atoms with E-state index in [4.69, 9.17) is 4.98 Å². The molecule has 1 saturated heterocycles.